The van der Waals surface area contributed by atoms with Gasteiger partial charge in [0.25, 0.3) is 5.69 Å². The van der Waals surface area contributed by atoms with Crippen molar-refractivity contribution >= 4 is 23.1 Å². The van der Waals surface area contributed by atoms with E-state index < -0.39 is 4.92 Å². The van der Waals surface area contributed by atoms with Gasteiger partial charge < -0.3 is 14.6 Å². The Balaban J connectivity index is 1.96. The van der Waals surface area contributed by atoms with Crippen molar-refractivity contribution in [1.82, 2.24) is 0 Å². The van der Waals surface area contributed by atoms with E-state index in [0.29, 0.717) is 12.6 Å². The Labute approximate surface area is 114 Å². The Morgan fingerprint density at radius 2 is 2.10 bits per heavy atom. The minimum Gasteiger partial charge on any atom is -0.448 e. The predicted molar refractivity (Wildman–Crippen MR) is 75.2 cm³/mol. The quantitative estimate of drug-likeness (QED) is 0.670. The number of hydrogen-bond donors (Lipinski definition) is 1. The monoisotopic (exact) mass is 272 g/mol. The summed E-state index contributed by atoms with van der Waals surface area (Å²) in [6, 6.07) is 8.20. The van der Waals surface area contributed by atoms with Crippen LogP contribution in [-0.4, -0.2) is 24.5 Å². The third kappa shape index (κ3) is 1.89. The van der Waals surface area contributed by atoms with Crippen LogP contribution in [0.2, 0.25) is 0 Å². The van der Waals surface area contributed by atoms with E-state index in [4.69, 9.17) is 4.42 Å². The van der Waals surface area contributed by atoms with E-state index >= 15 is 0 Å². The number of anilines is 2. The summed E-state index contributed by atoms with van der Waals surface area (Å²) in [5.74, 6) is 1.45. The largest absolute Gasteiger partial charge is 0.448 e. The minimum atomic E-state index is -0.415. The number of non-ortho nitro benzene ring substituents is 1. The second-order valence-corrected chi connectivity index (χ2v) is 4.25. The summed E-state index contributed by atoms with van der Waals surface area (Å²) < 4.78 is 5.31. The molecule has 0 saturated carbocycles. The molecule has 1 N–H and O–H groups in total. The Kier molecular flexibility index (Phi) is 2.86. The molecule has 0 aliphatic carbocycles. The molecular formula is C13H12N4O3. The van der Waals surface area contributed by atoms with Crippen LogP contribution >= 0.6 is 0 Å². The Morgan fingerprint density at radius 1 is 1.35 bits per heavy atom. The minimum absolute atomic E-state index is 0.0673. The zero-order chi connectivity index (χ0) is 14.1. The summed E-state index contributed by atoms with van der Waals surface area (Å²) in [7, 11) is 1.70. The van der Waals surface area contributed by atoms with E-state index in [1.807, 2.05) is 11.0 Å². The first-order chi connectivity index (χ1) is 9.70. The number of rotatable bonds is 2. The molecule has 0 saturated heterocycles. The SMILES string of the molecule is CN=C1c2ccoc2NCN1c1ccc([N+](=O)[O-])cc1. The third-order valence-corrected chi connectivity index (χ3v) is 3.14. The van der Waals surface area contributed by atoms with Crippen molar-refractivity contribution in [1.29, 1.82) is 0 Å². The molecule has 1 aromatic carbocycles. The van der Waals surface area contributed by atoms with Crippen molar-refractivity contribution in [2.45, 2.75) is 0 Å². The number of fused-ring (bicyclic) bond motifs is 1. The molecule has 2 heterocycles. The van der Waals surface area contributed by atoms with Crippen molar-refractivity contribution in [3.8, 4) is 0 Å². The highest BCUT2D eigenvalue weighted by Crippen LogP contribution is 2.28. The van der Waals surface area contributed by atoms with Gasteiger partial charge in [0, 0.05) is 24.9 Å². The number of furan rings is 1. The van der Waals surface area contributed by atoms with Gasteiger partial charge in [-0.05, 0) is 18.2 Å². The van der Waals surface area contributed by atoms with Crippen LogP contribution in [0.3, 0.4) is 0 Å². The fraction of sp³-hybridized carbons (Fsp3) is 0.154. The standard InChI is InChI=1S/C13H12N4O3/c1-14-12-11-6-7-20-13(11)15-8-16(12)9-2-4-10(5-3-9)17(18)19/h2-7,15H,8H2,1H3. The maximum absolute atomic E-state index is 10.7. The van der Waals surface area contributed by atoms with Gasteiger partial charge in [0.05, 0.1) is 23.4 Å². The molecule has 1 aliphatic heterocycles. The first-order valence-corrected chi connectivity index (χ1v) is 6.01. The van der Waals surface area contributed by atoms with Crippen molar-refractivity contribution in [3.05, 3.63) is 52.3 Å². The van der Waals surface area contributed by atoms with Crippen LogP contribution in [0.25, 0.3) is 0 Å². The first-order valence-electron chi connectivity index (χ1n) is 6.01. The van der Waals surface area contributed by atoms with E-state index in [2.05, 4.69) is 10.3 Å². The topological polar surface area (TPSA) is 83.9 Å². The lowest BCUT2D eigenvalue weighted by Gasteiger charge is -2.30. The molecule has 7 nitrogen and oxygen atoms in total. The summed E-state index contributed by atoms with van der Waals surface area (Å²) in [4.78, 5) is 16.5. The molecule has 1 aromatic heterocycles. The molecule has 0 spiro atoms. The summed E-state index contributed by atoms with van der Waals surface area (Å²) in [5.41, 5.74) is 1.77. The Morgan fingerprint density at radius 3 is 2.75 bits per heavy atom. The highest BCUT2D eigenvalue weighted by atomic mass is 16.6. The summed E-state index contributed by atoms with van der Waals surface area (Å²) in [5, 5.41) is 13.8. The number of nitrogens with zero attached hydrogens (tertiary/aromatic N) is 3. The van der Waals surface area contributed by atoms with Gasteiger partial charge in [-0.3, -0.25) is 15.1 Å². The number of nitro benzene ring substituents is 1. The van der Waals surface area contributed by atoms with Gasteiger partial charge in [-0.15, -0.1) is 0 Å². The number of benzene rings is 1. The highest BCUT2D eigenvalue weighted by molar-refractivity contribution is 6.14. The smallest absolute Gasteiger partial charge is 0.269 e. The molecule has 1 aliphatic rings. The number of amidine groups is 1. The predicted octanol–water partition coefficient (Wildman–Crippen LogP) is 2.45. The zero-order valence-corrected chi connectivity index (χ0v) is 10.7. The van der Waals surface area contributed by atoms with Crippen molar-refractivity contribution in [2.24, 2.45) is 4.99 Å². The van der Waals surface area contributed by atoms with Crippen LogP contribution in [0.5, 0.6) is 0 Å². The van der Waals surface area contributed by atoms with Gasteiger partial charge >= 0.3 is 0 Å². The second-order valence-electron chi connectivity index (χ2n) is 4.25. The second kappa shape index (κ2) is 4.69. The van der Waals surface area contributed by atoms with E-state index in [1.165, 1.54) is 12.1 Å². The van der Waals surface area contributed by atoms with E-state index in [-0.39, 0.29) is 5.69 Å². The maximum Gasteiger partial charge on any atom is 0.269 e. The molecule has 0 fully saturated rings. The molecule has 102 valence electrons. The lowest BCUT2D eigenvalue weighted by atomic mass is 10.2. The molecule has 3 rings (SSSR count). The average molecular weight is 272 g/mol. The fourth-order valence-electron chi connectivity index (χ4n) is 2.20. The van der Waals surface area contributed by atoms with Gasteiger partial charge in [0.2, 0.25) is 5.88 Å². The van der Waals surface area contributed by atoms with Crippen LogP contribution in [0.15, 0.2) is 46.0 Å². The zero-order valence-electron chi connectivity index (χ0n) is 10.7. The van der Waals surface area contributed by atoms with Crippen molar-refractivity contribution < 1.29 is 9.34 Å². The molecule has 0 bridgehead atoms. The lowest BCUT2D eigenvalue weighted by molar-refractivity contribution is -0.384. The van der Waals surface area contributed by atoms with Gasteiger partial charge in [-0.25, -0.2) is 0 Å². The summed E-state index contributed by atoms with van der Waals surface area (Å²) >= 11 is 0. The molecule has 0 amide bonds. The van der Waals surface area contributed by atoms with E-state index in [9.17, 15) is 10.1 Å². The van der Waals surface area contributed by atoms with E-state index in [0.717, 1.165) is 17.1 Å². The lowest BCUT2D eigenvalue weighted by Crippen LogP contribution is -2.40. The molecular weight excluding hydrogens is 260 g/mol. The van der Waals surface area contributed by atoms with Crippen LogP contribution in [0.1, 0.15) is 5.56 Å². The van der Waals surface area contributed by atoms with E-state index in [1.54, 1.807) is 25.4 Å². The van der Waals surface area contributed by atoms with Gasteiger partial charge in [-0.2, -0.15) is 0 Å². The van der Waals surface area contributed by atoms with Gasteiger partial charge in [-0.1, -0.05) is 0 Å². The average Bonchev–Trinajstić information content (AvgIpc) is 2.94. The Bertz CT molecular complexity index is 675. The molecule has 2 aromatic rings. The molecule has 0 unspecified atom stereocenters. The van der Waals surface area contributed by atoms with Crippen LogP contribution in [0, 0.1) is 10.1 Å². The Hall–Kier alpha value is -2.83. The van der Waals surface area contributed by atoms with Crippen molar-refractivity contribution in [2.75, 3.05) is 23.9 Å². The number of nitrogens with one attached hydrogen (secondary N) is 1. The fourth-order valence-corrected chi connectivity index (χ4v) is 2.20. The van der Waals surface area contributed by atoms with Crippen LogP contribution < -0.4 is 10.2 Å². The molecule has 0 atom stereocenters. The number of aliphatic imine (C=N–C) groups is 1. The first kappa shape index (κ1) is 12.2. The van der Waals surface area contributed by atoms with Crippen LogP contribution in [-0.2, 0) is 0 Å². The molecule has 0 radical (unpaired) electrons. The van der Waals surface area contributed by atoms with Crippen LogP contribution in [0.4, 0.5) is 17.3 Å². The number of hydrogen-bond acceptors (Lipinski definition) is 5. The third-order valence-electron chi connectivity index (χ3n) is 3.14. The molecule has 20 heavy (non-hydrogen) atoms. The summed E-state index contributed by atoms with van der Waals surface area (Å²) in [6.45, 7) is 0.491. The normalized spacial score (nSPS) is 15.8. The summed E-state index contributed by atoms with van der Waals surface area (Å²) in [6.07, 6.45) is 1.60. The highest BCUT2D eigenvalue weighted by Gasteiger charge is 2.25. The van der Waals surface area contributed by atoms with Gasteiger partial charge in [0.15, 0.2) is 0 Å². The molecule has 7 heteroatoms. The van der Waals surface area contributed by atoms with Crippen molar-refractivity contribution in [3.63, 3.8) is 0 Å². The number of nitro groups is 1. The maximum atomic E-state index is 10.7. The van der Waals surface area contributed by atoms with Gasteiger partial charge in [0.1, 0.15) is 5.84 Å².